The summed E-state index contributed by atoms with van der Waals surface area (Å²) in [6.07, 6.45) is 3.05. The third kappa shape index (κ3) is 1.69. The lowest BCUT2D eigenvalue weighted by Gasteiger charge is -2.26. The van der Waals surface area contributed by atoms with E-state index in [0.717, 1.165) is 19.3 Å². The first-order valence-electron chi connectivity index (χ1n) is 4.14. The quantitative estimate of drug-likeness (QED) is 0.560. The van der Waals surface area contributed by atoms with Crippen molar-refractivity contribution in [2.45, 2.75) is 40.0 Å². The summed E-state index contributed by atoms with van der Waals surface area (Å²) in [5.41, 5.74) is 0.0478. The Morgan fingerprint density at radius 3 is 1.50 bits per heavy atom. The van der Waals surface area contributed by atoms with Gasteiger partial charge < -0.3 is 4.79 Å². The summed E-state index contributed by atoms with van der Waals surface area (Å²) >= 11 is 0. The summed E-state index contributed by atoms with van der Waals surface area (Å²) in [6, 6.07) is 0. The maximum absolute atomic E-state index is 11.2. The summed E-state index contributed by atoms with van der Waals surface area (Å²) in [7, 11) is 0.716. The molecule has 0 saturated carbocycles. The van der Waals surface area contributed by atoms with Crippen molar-refractivity contribution in [2.75, 3.05) is 0 Å². The standard InChI is InChI=1S/C8H18OSi/c1-4-8(5-2,6-3)7(9)10/h4-6H2,1-3,10H3. The van der Waals surface area contributed by atoms with Gasteiger partial charge in [-0.25, -0.2) is 0 Å². The van der Waals surface area contributed by atoms with E-state index < -0.39 is 0 Å². The molecule has 0 aromatic carbocycles. The van der Waals surface area contributed by atoms with Crippen LogP contribution in [0.3, 0.4) is 0 Å². The Bertz CT molecular complexity index is 108. The summed E-state index contributed by atoms with van der Waals surface area (Å²) in [5, 5.41) is 0.486. The lowest BCUT2D eigenvalue weighted by molar-refractivity contribution is -0.121. The zero-order chi connectivity index (χ0) is 8.20. The number of hydrogen-bond donors (Lipinski definition) is 0. The second-order valence-corrected chi connectivity index (χ2v) is 3.81. The first-order valence-corrected chi connectivity index (χ1v) is 5.14. The average molecular weight is 158 g/mol. The number of hydrogen-bond acceptors (Lipinski definition) is 1. The fourth-order valence-electron chi connectivity index (χ4n) is 1.50. The highest BCUT2D eigenvalue weighted by Gasteiger charge is 2.28. The Kier molecular flexibility index (Phi) is 3.87. The Hall–Kier alpha value is -0.113. The largest absolute Gasteiger partial charge is 0.306 e. The van der Waals surface area contributed by atoms with Gasteiger partial charge in [-0.1, -0.05) is 20.8 Å². The van der Waals surface area contributed by atoms with Crippen molar-refractivity contribution in [3.8, 4) is 0 Å². The van der Waals surface area contributed by atoms with Crippen LogP contribution in [0.2, 0.25) is 0 Å². The molecular weight excluding hydrogens is 140 g/mol. The third-order valence-corrected chi connectivity index (χ3v) is 3.84. The second kappa shape index (κ2) is 3.91. The Balaban J connectivity index is 4.31. The van der Waals surface area contributed by atoms with Gasteiger partial charge >= 0.3 is 0 Å². The molecule has 0 rings (SSSR count). The molecular formula is C8H18OSi. The fraction of sp³-hybridized carbons (Fsp3) is 0.875. The molecule has 0 aromatic heterocycles. The van der Waals surface area contributed by atoms with E-state index in [0.29, 0.717) is 15.6 Å². The van der Waals surface area contributed by atoms with Gasteiger partial charge in [-0.2, -0.15) is 0 Å². The molecule has 0 bridgehead atoms. The van der Waals surface area contributed by atoms with E-state index in [4.69, 9.17) is 0 Å². The Morgan fingerprint density at radius 2 is 1.50 bits per heavy atom. The molecule has 1 nitrogen and oxygen atoms in total. The van der Waals surface area contributed by atoms with Crippen LogP contribution in [0.15, 0.2) is 0 Å². The molecule has 60 valence electrons. The fourth-order valence-corrected chi connectivity index (χ4v) is 2.56. The van der Waals surface area contributed by atoms with Gasteiger partial charge in [0.15, 0.2) is 0 Å². The number of carbonyl (C=O) groups is 1. The van der Waals surface area contributed by atoms with Crippen LogP contribution in [0.25, 0.3) is 0 Å². The van der Waals surface area contributed by atoms with Gasteiger partial charge in [0.05, 0.1) is 10.2 Å². The summed E-state index contributed by atoms with van der Waals surface area (Å²) in [4.78, 5) is 11.2. The highest BCUT2D eigenvalue weighted by molar-refractivity contribution is 6.59. The molecule has 0 amide bonds. The van der Waals surface area contributed by atoms with Gasteiger partial charge in [0.1, 0.15) is 5.41 Å². The molecule has 0 aliphatic heterocycles. The molecule has 0 aromatic rings. The van der Waals surface area contributed by atoms with Gasteiger partial charge in [-0.3, -0.25) is 0 Å². The first kappa shape index (κ1) is 9.89. The average Bonchev–Trinajstić information content (AvgIpc) is 1.92. The van der Waals surface area contributed by atoms with Crippen LogP contribution in [-0.2, 0) is 4.79 Å². The molecule has 0 unspecified atom stereocenters. The monoisotopic (exact) mass is 158 g/mol. The molecule has 0 atom stereocenters. The van der Waals surface area contributed by atoms with E-state index in [1.165, 1.54) is 0 Å². The highest BCUT2D eigenvalue weighted by Crippen LogP contribution is 2.29. The predicted molar refractivity (Wildman–Crippen MR) is 48.3 cm³/mol. The zero-order valence-corrected chi connectivity index (χ0v) is 9.53. The molecule has 2 heteroatoms. The van der Waals surface area contributed by atoms with Crippen LogP contribution in [0.4, 0.5) is 0 Å². The summed E-state index contributed by atoms with van der Waals surface area (Å²) in [5.74, 6) is 0. The first-order chi connectivity index (χ1) is 4.63. The molecule has 0 heterocycles. The van der Waals surface area contributed by atoms with Crippen molar-refractivity contribution >= 4 is 15.6 Å². The van der Waals surface area contributed by atoms with Crippen molar-refractivity contribution in [1.29, 1.82) is 0 Å². The number of carbonyl (C=O) groups excluding carboxylic acids is 1. The van der Waals surface area contributed by atoms with Crippen LogP contribution in [0, 0.1) is 5.41 Å². The minimum Gasteiger partial charge on any atom is -0.306 e. The molecule has 0 spiro atoms. The predicted octanol–water partition coefficient (Wildman–Crippen LogP) is 1.09. The van der Waals surface area contributed by atoms with E-state index >= 15 is 0 Å². The summed E-state index contributed by atoms with van der Waals surface area (Å²) < 4.78 is 0. The molecule has 0 radical (unpaired) electrons. The van der Waals surface area contributed by atoms with Crippen LogP contribution in [0.5, 0.6) is 0 Å². The molecule has 0 N–H and O–H groups in total. The Morgan fingerprint density at radius 1 is 1.20 bits per heavy atom. The van der Waals surface area contributed by atoms with Crippen molar-refractivity contribution in [3.05, 3.63) is 0 Å². The van der Waals surface area contributed by atoms with E-state index in [1.54, 1.807) is 0 Å². The van der Waals surface area contributed by atoms with Crippen molar-refractivity contribution < 1.29 is 4.79 Å². The summed E-state index contributed by atoms with van der Waals surface area (Å²) in [6.45, 7) is 6.34. The van der Waals surface area contributed by atoms with Gasteiger partial charge in [-0.15, -0.1) is 0 Å². The normalized spacial score (nSPS) is 11.9. The topological polar surface area (TPSA) is 17.1 Å². The van der Waals surface area contributed by atoms with Crippen molar-refractivity contribution in [2.24, 2.45) is 5.41 Å². The lowest BCUT2D eigenvalue weighted by atomic mass is 9.81. The molecule has 0 saturated heterocycles. The van der Waals surface area contributed by atoms with Crippen LogP contribution in [0.1, 0.15) is 40.0 Å². The van der Waals surface area contributed by atoms with Crippen molar-refractivity contribution in [3.63, 3.8) is 0 Å². The lowest BCUT2D eigenvalue weighted by Crippen LogP contribution is -2.29. The molecule has 10 heavy (non-hydrogen) atoms. The number of rotatable bonds is 4. The highest BCUT2D eigenvalue weighted by atomic mass is 28.1. The van der Waals surface area contributed by atoms with Gasteiger partial charge in [0.25, 0.3) is 0 Å². The minimum atomic E-state index is 0.0478. The van der Waals surface area contributed by atoms with E-state index in [9.17, 15) is 4.79 Å². The molecule has 0 aliphatic carbocycles. The smallest absolute Gasteiger partial charge is 0.106 e. The van der Waals surface area contributed by atoms with Crippen molar-refractivity contribution in [1.82, 2.24) is 0 Å². The van der Waals surface area contributed by atoms with Crippen LogP contribution >= 0.6 is 0 Å². The minimum absolute atomic E-state index is 0.0478. The maximum Gasteiger partial charge on any atom is 0.106 e. The molecule has 0 aliphatic rings. The van der Waals surface area contributed by atoms with E-state index in [-0.39, 0.29) is 5.41 Å². The van der Waals surface area contributed by atoms with Gasteiger partial charge in [0, 0.05) is 5.41 Å². The zero-order valence-electron chi connectivity index (χ0n) is 7.53. The van der Waals surface area contributed by atoms with Gasteiger partial charge in [-0.05, 0) is 19.3 Å². The van der Waals surface area contributed by atoms with Crippen LogP contribution in [-0.4, -0.2) is 15.6 Å². The van der Waals surface area contributed by atoms with E-state index in [1.807, 2.05) is 0 Å². The SMILES string of the molecule is CCC(CC)(CC)C(=O)[SiH3]. The second-order valence-electron chi connectivity index (χ2n) is 2.90. The molecule has 0 fully saturated rings. The third-order valence-electron chi connectivity index (χ3n) is 2.78. The van der Waals surface area contributed by atoms with E-state index in [2.05, 4.69) is 20.8 Å². The van der Waals surface area contributed by atoms with Crippen LogP contribution < -0.4 is 0 Å². The maximum atomic E-state index is 11.2. The van der Waals surface area contributed by atoms with Gasteiger partial charge in [0.2, 0.25) is 0 Å². The Labute approximate surface area is 66.6 Å².